The number of aliphatic imine (C=N–C) groups is 1. The quantitative estimate of drug-likeness (QED) is 0.366. The second-order valence-electron chi connectivity index (χ2n) is 5.09. The van der Waals surface area contributed by atoms with Gasteiger partial charge in [0.25, 0.3) is 5.69 Å². The number of hydrogen-bond acceptors (Lipinski definition) is 5. The normalized spacial score (nSPS) is 15.3. The summed E-state index contributed by atoms with van der Waals surface area (Å²) in [7, 11) is 0. The lowest BCUT2D eigenvalue weighted by Crippen LogP contribution is -2.08. The Balaban J connectivity index is 1.99. The van der Waals surface area contributed by atoms with E-state index in [4.69, 9.17) is 16.3 Å². The molecule has 1 aliphatic rings. The molecule has 1 aliphatic heterocycles. The Labute approximate surface area is 142 Å². The zero-order valence-corrected chi connectivity index (χ0v) is 13.3. The van der Waals surface area contributed by atoms with E-state index in [0.29, 0.717) is 16.1 Å². The Morgan fingerprint density at radius 3 is 2.58 bits per heavy atom. The number of halogens is 1. The summed E-state index contributed by atoms with van der Waals surface area (Å²) < 4.78 is 5.17. The molecule has 0 bridgehead atoms. The van der Waals surface area contributed by atoms with E-state index in [1.54, 1.807) is 43.3 Å². The zero-order chi connectivity index (χ0) is 17.3. The fraction of sp³-hybridized carbons (Fsp3) is 0.0588. The number of carbonyl (C=O) groups is 1. The van der Waals surface area contributed by atoms with Gasteiger partial charge in [0, 0.05) is 22.2 Å². The third-order valence-corrected chi connectivity index (χ3v) is 3.78. The maximum absolute atomic E-state index is 12.0. The highest BCUT2D eigenvalue weighted by atomic mass is 35.5. The summed E-state index contributed by atoms with van der Waals surface area (Å²) in [5.74, 6) is -0.549. The number of benzene rings is 2. The van der Waals surface area contributed by atoms with Gasteiger partial charge in [0.2, 0.25) is 5.90 Å². The van der Waals surface area contributed by atoms with Gasteiger partial charge in [0.1, 0.15) is 0 Å². The summed E-state index contributed by atoms with van der Waals surface area (Å²) in [5.41, 5.74) is 1.62. The van der Waals surface area contributed by atoms with Crippen molar-refractivity contribution >= 4 is 35.2 Å². The molecule has 0 unspecified atom stereocenters. The van der Waals surface area contributed by atoms with Crippen molar-refractivity contribution in [1.29, 1.82) is 0 Å². The Hall–Kier alpha value is -2.99. The van der Waals surface area contributed by atoms with Gasteiger partial charge in [-0.3, -0.25) is 10.1 Å². The summed E-state index contributed by atoms with van der Waals surface area (Å²) in [6.45, 7) is 1.59. The van der Waals surface area contributed by atoms with Crippen molar-refractivity contribution in [2.24, 2.45) is 4.99 Å². The third kappa shape index (κ3) is 3.04. The number of cyclic esters (lactones) is 1. The fourth-order valence-electron chi connectivity index (χ4n) is 2.29. The Morgan fingerprint density at radius 1 is 1.21 bits per heavy atom. The molecule has 2 aromatic rings. The van der Waals surface area contributed by atoms with Crippen LogP contribution < -0.4 is 0 Å². The first-order chi connectivity index (χ1) is 11.5. The van der Waals surface area contributed by atoms with Crippen LogP contribution in [0.3, 0.4) is 0 Å². The number of esters is 1. The fourth-order valence-corrected chi connectivity index (χ4v) is 2.42. The molecule has 0 spiro atoms. The minimum atomic E-state index is -0.606. The van der Waals surface area contributed by atoms with Crippen LogP contribution in [-0.4, -0.2) is 16.8 Å². The molecule has 0 fully saturated rings. The van der Waals surface area contributed by atoms with Crippen molar-refractivity contribution in [3.05, 3.63) is 80.0 Å². The van der Waals surface area contributed by atoms with Crippen LogP contribution in [0.5, 0.6) is 0 Å². The predicted octanol–water partition coefficient (Wildman–Crippen LogP) is 3.90. The minimum Gasteiger partial charge on any atom is -0.402 e. The summed E-state index contributed by atoms with van der Waals surface area (Å²) in [6, 6.07) is 11.4. The van der Waals surface area contributed by atoms with Crippen LogP contribution in [0.2, 0.25) is 5.02 Å². The highest BCUT2D eigenvalue weighted by Crippen LogP contribution is 2.26. The van der Waals surface area contributed by atoms with E-state index >= 15 is 0 Å². The molecule has 1 heterocycles. The van der Waals surface area contributed by atoms with E-state index in [1.807, 2.05) is 0 Å². The molecular weight excluding hydrogens is 332 g/mol. The van der Waals surface area contributed by atoms with E-state index in [1.165, 1.54) is 12.1 Å². The van der Waals surface area contributed by atoms with Crippen LogP contribution in [0.25, 0.3) is 6.08 Å². The molecule has 0 atom stereocenters. The first kappa shape index (κ1) is 15.9. The maximum Gasteiger partial charge on any atom is 0.363 e. The molecule has 6 nitrogen and oxygen atoms in total. The van der Waals surface area contributed by atoms with Crippen molar-refractivity contribution in [3.63, 3.8) is 0 Å². The first-order valence-electron chi connectivity index (χ1n) is 6.98. The molecule has 120 valence electrons. The number of ether oxygens (including phenoxy) is 1. The van der Waals surface area contributed by atoms with Gasteiger partial charge in [0.05, 0.1) is 4.92 Å². The van der Waals surface area contributed by atoms with Crippen LogP contribution in [-0.2, 0) is 9.53 Å². The van der Waals surface area contributed by atoms with Gasteiger partial charge in [0.15, 0.2) is 5.70 Å². The zero-order valence-electron chi connectivity index (χ0n) is 12.5. The Kier molecular flexibility index (Phi) is 4.14. The van der Waals surface area contributed by atoms with Crippen molar-refractivity contribution in [2.45, 2.75) is 6.92 Å². The van der Waals surface area contributed by atoms with Gasteiger partial charge >= 0.3 is 5.97 Å². The molecule has 2 aromatic carbocycles. The van der Waals surface area contributed by atoms with Gasteiger partial charge in [-0.2, -0.15) is 0 Å². The topological polar surface area (TPSA) is 81.8 Å². The second-order valence-corrected chi connectivity index (χ2v) is 5.53. The average molecular weight is 343 g/mol. The predicted molar refractivity (Wildman–Crippen MR) is 89.9 cm³/mol. The van der Waals surface area contributed by atoms with Gasteiger partial charge in [-0.15, -0.1) is 0 Å². The highest BCUT2D eigenvalue weighted by Gasteiger charge is 2.27. The molecule has 0 amide bonds. The molecule has 0 saturated carbocycles. The van der Waals surface area contributed by atoms with Gasteiger partial charge in [-0.25, -0.2) is 9.79 Å². The van der Waals surface area contributed by atoms with Crippen molar-refractivity contribution in [3.8, 4) is 0 Å². The Bertz CT molecular complexity index is 901. The van der Waals surface area contributed by atoms with E-state index < -0.39 is 10.9 Å². The summed E-state index contributed by atoms with van der Waals surface area (Å²) >= 11 is 5.82. The van der Waals surface area contributed by atoms with Crippen LogP contribution in [0.15, 0.2) is 53.2 Å². The summed E-state index contributed by atoms with van der Waals surface area (Å²) in [6.07, 6.45) is 1.57. The largest absolute Gasteiger partial charge is 0.402 e. The molecule has 0 N–H and O–H groups in total. The molecular formula is C17H11ClN2O4. The van der Waals surface area contributed by atoms with Crippen molar-refractivity contribution in [2.75, 3.05) is 0 Å². The van der Waals surface area contributed by atoms with Crippen molar-refractivity contribution < 1.29 is 14.5 Å². The average Bonchev–Trinajstić information content (AvgIpc) is 2.90. The number of nitro benzene ring substituents is 1. The molecule has 3 rings (SSSR count). The van der Waals surface area contributed by atoms with Gasteiger partial charge < -0.3 is 4.74 Å². The lowest BCUT2D eigenvalue weighted by atomic mass is 10.1. The van der Waals surface area contributed by atoms with Crippen LogP contribution in [0, 0.1) is 17.0 Å². The number of hydrogen-bond donors (Lipinski definition) is 0. The lowest BCUT2D eigenvalue weighted by Gasteiger charge is -2.04. The smallest absolute Gasteiger partial charge is 0.363 e. The number of rotatable bonds is 3. The molecule has 0 saturated heterocycles. The Morgan fingerprint density at radius 2 is 1.92 bits per heavy atom. The summed E-state index contributed by atoms with van der Waals surface area (Å²) in [5, 5.41) is 11.6. The second kappa shape index (κ2) is 6.25. The molecule has 0 aromatic heterocycles. The van der Waals surface area contributed by atoms with Crippen molar-refractivity contribution in [1.82, 2.24) is 0 Å². The third-order valence-electron chi connectivity index (χ3n) is 3.53. The molecule has 0 aliphatic carbocycles. The summed E-state index contributed by atoms with van der Waals surface area (Å²) in [4.78, 5) is 26.7. The number of nitrogens with zero attached hydrogens (tertiary/aromatic N) is 2. The van der Waals surface area contributed by atoms with Crippen LogP contribution >= 0.6 is 11.6 Å². The first-order valence-corrected chi connectivity index (χ1v) is 7.36. The van der Waals surface area contributed by atoms with E-state index in [2.05, 4.69) is 4.99 Å². The highest BCUT2D eigenvalue weighted by molar-refractivity contribution is 6.30. The molecule has 0 radical (unpaired) electrons. The molecule has 7 heteroatoms. The maximum atomic E-state index is 12.0. The monoisotopic (exact) mass is 342 g/mol. The van der Waals surface area contributed by atoms with E-state index in [0.717, 1.165) is 5.56 Å². The van der Waals surface area contributed by atoms with Gasteiger partial charge in [-0.1, -0.05) is 29.8 Å². The number of nitro groups is 1. The van der Waals surface area contributed by atoms with Gasteiger partial charge in [-0.05, 0) is 36.8 Å². The lowest BCUT2D eigenvalue weighted by molar-refractivity contribution is -0.385. The van der Waals surface area contributed by atoms with E-state index in [-0.39, 0.29) is 17.3 Å². The minimum absolute atomic E-state index is 0.0543. The standard InChI is InChI=1S/C17H11ClN2O4/c1-10-13(3-2-4-15(10)20(22)23)16-19-14(17(21)24-16)9-11-5-7-12(18)8-6-11/h2-9H,1H3. The molecule has 24 heavy (non-hydrogen) atoms. The van der Waals surface area contributed by atoms with E-state index in [9.17, 15) is 14.9 Å². The van der Waals surface area contributed by atoms with Crippen LogP contribution in [0.1, 0.15) is 16.7 Å². The number of carbonyl (C=O) groups excluding carboxylic acids is 1. The van der Waals surface area contributed by atoms with Crippen LogP contribution in [0.4, 0.5) is 5.69 Å². The SMILES string of the molecule is Cc1c(C2=NC(=Cc3ccc(Cl)cc3)C(=O)O2)cccc1[N+](=O)[O-].